The lowest BCUT2D eigenvalue weighted by atomic mass is 10.0. The van der Waals surface area contributed by atoms with E-state index in [0.29, 0.717) is 19.4 Å². The van der Waals surface area contributed by atoms with Crippen LogP contribution in [0.4, 0.5) is 0 Å². The summed E-state index contributed by atoms with van der Waals surface area (Å²) in [4.78, 5) is 53.5. The number of hydrogen-bond acceptors (Lipinski definition) is 8. The summed E-state index contributed by atoms with van der Waals surface area (Å²) in [6.07, 6.45) is 0.285. The summed E-state index contributed by atoms with van der Waals surface area (Å²) in [5, 5.41) is 26.8. The molecule has 0 aliphatic heterocycles. The van der Waals surface area contributed by atoms with Crippen molar-refractivity contribution in [1.29, 1.82) is 0 Å². The standard InChI is InChI=1S/C21H42N8O6/c1-11(2)15(23)18(32)29-16(12(3)30)19(33)27-13(8-6-10-26-21(24)25)17(31)28-14(20(34)35)7-4-5-9-22/h11-16,30H,4-10,22-23H2,1-3H3,(H,27,33)(H,28,31)(H,29,32)(H,34,35)(H4,24,25,26). The van der Waals surface area contributed by atoms with Crippen LogP contribution in [-0.4, -0.2) is 83.2 Å². The van der Waals surface area contributed by atoms with Gasteiger partial charge in [-0.15, -0.1) is 0 Å². The average Bonchev–Trinajstić information content (AvgIpc) is 2.77. The van der Waals surface area contributed by atoms with E-state index in [2.05, 4.69) is 20.9 Å². The lowest BCUT2D eigenvalue weighted by Gasteiger charge is -2.27. The van der Waals surface area contributed by atoms with Crippen molar-refractivity contribution in [2.45, 2.75) is 83.1 Å². The van der Waals surface area contributed by atoms with Crippen LogP contribution in [0.25, 0.3) is 0 Å². The summed E-state index contributed by atoms with van der Waals surface area (Å²) < 4.78 is 0. The van der Waals surface area contributed by atoms with E-state index in [-0.39, 0.29) is 37.7 Å². The second kappa shape index (κ2) is 16.6. The van der Waals surface area contributed by atoms with Crippen LogP contribution in [0.15, 0.2) is 4.99 Å². The number of carboxylic acids is 1. The van der Waals surface area contributed by atoms with Crippen LogP contribution in [0.1, 0.15) is 52.9 Å². The largest absolute Gasteiger partial charge is 0.480 e. The molecule has 0 spiro atoms. The first-order chi connectivity index (χ1) is 16.3. The van der Waals surface area contributed by atoms with Gasteiger partial charge in [-0.05, 0) is 51.5 Å². The van der Waals surface area contributed by atoms with Crippen molar-refractivity contribution < 1.29 is 29.4 Å². The first kappa shape index (κ1) is 32.0. The zero-order valence-corrected chi connectivity index (χ0v) is 20.7. The highest BCUT2D eigenvalue weighted by molar-refractivity contribution is 5.94. The van der Waals surface area contributed by atoms with Crippen molar-refractivity contribution in [3.05, 3.63) is 0 Å². The van der Waals surface area contributed by atoms with E-state index in [0.717, 1.165) is 0 Å². The van der Waals surface area contributed by atoms with Crippen molar-refractivity contribution in [1.82, 2.24) is 16.0 Å². The number of unbranched alkanes of at least 4 members (excludes halogenated alkanes) is 1. The van der Waals surface area contributed by atoms with Crippen molar-refractivity contribution in [3.63, 3.8) is 0 Å². The van der Waals surface area contributed by atoms with Crippen LogP contribution in [0.5, 0.6) is 0 Å². The molecule has 14 heteroatoms. The molecule has 0 aromatic carbocycles. The lowest BCUT2D eigenvalue weighted by molar-refractivity contribution is -0.142. The molecule has 0 aliphatic rings. The van der Waals surface area contributed by atoms with Gasteiger partial charge in [0.15, 0.2) is 5.96 Å². The molecule has 0 heterocycles. The summed E-state index contributed by atoms with van der Waals surface area (Å²) in [6, 6.07) is -4.65. The van der Waals surface area contributed by atoms with Gasteiger partial charge in [-0.1, -0.05) is 13.8 Å². The molecule has 0 bridgehead atoms. The number of aliphatic imine (C=N–C) groups is 1. The quantitative estimate of drug-likeness (QED) is 0.0555. The summed E-state index contributed by atoms with van der Waals surface area (Å²) in [7, 11) is 0. The molecular weight excluding hydrogens is 460 g/mol. The monoisotopic (exact) mass is 502 g/mol. The smallest absolute Gasteiger partial charge is 0.326 e. The van der Waals surface area contributed by atoms with Gasteiger partial charge in [-0.3, -0.25) is 19.4 Å². The number of carbonyl (C=O) groups is 4. The van der Waals surface area contributed by atoms with Gasteiger partial charge in [-0.25, -0.2) is 4.79 Å². The molecule has 0 saturated carbocycles. The Kier molecular flexibility index (Phi) is 15.2. The number of aliphatic carboxylic acids is 1. The minimum Gasteiger partial charge on any atom is -0.480 e. The second-order valence-corrected chi connectivity index (χ2v) is 8.69. The number of rotatable bonds is 17. The topological polar surface area (TPSA) is 261 Å². The Bertz CT molecular complexity index is 727. The number of carboxylic acid groups (broad SMARTS) is 1. The molecular formula is C21H42N8O6. The molecule has 0 aromatic heterocycles. The highest BCUT2D eigenvalue weighted by Gasteiger charge is 2.32. The minimum atomic E-state index is -1.39. The fourth-order valence-corrected chi connectivity index (χ4v) is 3.01. The highest BCUT2D eigenvalue weighted by atomic mass is 16.4. The first-order valence-corrected chi connectivity index (χ1v) is 11.6. The molecule has 0 fully saturated rings. The fourth-order valence-electron chi connectivity index (χ4n) is 3.01. The van der Waals surface area contributed by atoms with Crippen LogP contribution >= 0.6 is 0 Å². The molecule has 0 aliphatic carbocycles. The molecule has 202 valence electrons. The molecule has 5 unspecified atom stereocenters. The van der Waals surface area contributed by atoms with Gasteiger partial charge in [-0.2, -0.15) is 0 Å². The first-order valence-electron chi connectivity index (χ1n) is 11.6. The van der Waals surface area contributed by atoms with Crippen molar-refractivity contribution in [3.8, 4) is 0 Å². The van der Waals surface area contributed by atoms with Crippen LogP contribution in [0, 0.1) is 5.92 Å². The number of carbonyl (C=O) groups excluding carboxylic acids is 3. The summed E-state index contributed by atoms with van der Waals surface area (Å²) >= 11 is 0. The Labute approximate surface area is 205 Å². The number of aliphatic hydroxyl groups is 1. The van der Waals surface area contributed by atoms with Gasteiger partial charge < -0.3 is 49.1 Å². The Morgan fingerprint density at radius 3 is 1.91 bits per heavy atom. The van der Waals surface area contributed by atoms with E-state index in [4.69, 9.17) is 22.9 Å². The van der Waals surface area contributed by atoms with Gasteiger partial charge in [0, 0.05) is 6.54 Å². The molecule has 3 amide bonds. The zero-order valence-electron chi connectivity index (χ0n) is 20.7. The molecule has 14 nitrogen and oxygen atoms in total. The fraction of sp³-hybridized carbons (Fsp3) is 0.762. The zero-order chi connectivity index (χ0) is 27.1. The maximum Gasteiger partial charge on any atom is 0.326 e. The Hall–Kier alpha value is -2.97. The lowest BCUT2D eigenvalue weighted by Crippen LogP contribution is -2.60. The number of nitrogens with two attached hydrogens (primary N) is 4. The molecule has 5 atom stereocenters. The molecule has 0 saturated heterocycles. The molecule has 0 rings (SSSR count). The van der Waals surface area contributed by atoms with E-state index >= 15 is 0 Å². The van der Waals surface area contributed by atoms with Gasteiger partial charge in [0.1, 0.15) is 18.1 Å². The normalized spacial score (nSPS) is 15.3. The maximum absolute atomic E-state index is 12.9. The summed E-state index contributed by atoms with van der Waals surface area (Å²) in [5.74, 6) is -3.79. The average molecular weight is 503 g/mol. The number of hydrogen-bond donors (Lipinski definition) is 9. The van der Waals surface area contributed by atoms with E-state index in [1.54, 1.807) is 13.8 Å². The SMILES string of the molecule is CC(C)C(N)C(=O)NC(C(=O)NC(CCCN=C(N)N)C(=O)NC(CCCCN)C(=O)O)C(C)O. The van der Waals surface area contributed by atoms with Crippen molar-refractivity contribution >= 4 is 29.7 Å². The van der Waals surface area contributed by atoms with Gasteiger partial charge in [0.2, 0.25) is 17.7 Å². The van der Waals surface area contributed by atoms with Gasteiger partial charge in [0.25, 0.3) is 0 Å². The van der Waals surface area contributed by atoms with Crippen molar-refractivity contribution in [2.75, 3.05) is 13.1 Å². The predicted octanol–water partition coefficient (Wildman–Crippen LogP) is -2.93. The highest BCUT2D eigenvalue weighted by Crippen LogP contribution is 2.06. The van der Waals surface area contributed by atoms with Crippen LogP contribution in [0.3, 0.4) is 0 Å². The van der Waals surface area contributed by atoms with E-state index in [9.17, 15) is 29.4 Å². The minimum absolute atomic E-state index is 0.0650. The number of amides is 3. The van der Waals surface area contributed by atoms with Crippen LogP contribution in [-0.2, 0) is 19.2 Å². The summed E-state index contributed by atoms with van der Waals surface area (Å²) in [6.45, 7) is 5.31. The molecule has 35 heavy (non-hydrogen) atoms. The Balaban J connectivity index is 5.54. The molecule has 0 radical (unpaired) electrons. The third kappa shape index (κ3) is 12.9. The number of guanidine groups is 1. The number of nitrogens with zero attached hydrogens (tertiary/aromatic N) is 1. The third-order valence-corrected chi connectivity index (χ3v) is 5.22. The van der Waals surface area contributed by atoms with E-state index in [1.807, 2.05) is 0 Å². The van der Waals surface area contributed by atoms with Crippen LogP contribution < -0.4 is 38.9 Å². The number of nitrogens with one attached hydrogen (secondary N) is 3. The van der Waals surface area contributed by atoms with E-state index in [1.165, 1.54) is 6.92 Å². The van der Waals surface area contributed by atoms with E-state index < -0.39 is 54.0 Å². The maximum atomic E-state index is 12.9. The Morgan fingerprint density at radius 1 is 0.857 bits per heavy atom. The molecule has 13 N–H and O–H groups in total. The van der Waals surface area contributed by atoms with Crippen molar-refractivity contribution in [2.24, 2.45) is 33.8 Å². The summed E-state index contributed by atoms with van der Waals surface area (Å²) in [5.41, 5.74) is 21.8. The van der Waals surface area contributed by atoms with Crippen LogP contribution in [0.2, 0.25) is 0 Å². The van der Waals surface area contributed by atoms with Gasteiger partial charge >= 0.3 is 5.97 Å². The van der Waals surface area contributed by atoms with Gasteiger partial charge in [0.05, 0.1) is 12.1 Å². The Morgan fingerprint density at radius 2 is 1.43 bits per heavy atom. The predicted molar refractivity (Wildman–Crippen MR) is 131 cm³/mol. The third-order valence-electron chi connectivity index (χ3n) is 5.22. The molecule has 0 aromatic rings. The second-order valence-electron chi connectivity index (χ2n) is 8.69. The number of aliphatic hydroxyl groups excluding tert-OH is 1.